The van der Waals surface area contributed by atoms with E-state index >= 15 is 0 Å². The Kier molecular flexibility index (Phi) is 4.80. The van der Waals surface area contributed by atoms with Crippen molar-refractivity contribution in [3.63, 3.8) is 0 Å². The predicted octanol–water partition coefficient (Wildman–Crippen LogP) is 1.65. The second-order valence-electron chi connectivity index (χ2n) is 5.13. The lowest BCUT2D eigenvalue weighted by Crippen LogP contribution is -2.41. The number of nitrogens with one attached hydrogen (secondary N) is 1. The minimum absolute atomic E-state index is 0.119. The molecule has 1 aromatic rings. The summed E-state index contributed by atoms with van der Waals surface area (Å²) in [5.74, 6) is 1.09. The number of amides is 1. The molecule has 0 aromatic heterocycles. The topological polar surface area (TPSA) is 41.6 Å². The van der Waals surface area contributed by atoms with Gasteiger partial charge in [-0.2, -0.15) is 0 Å². The van der Waals surface area contributed by atoms with Crippen LogP contribution < -0.4 is 10.1 Å². The molecular formula is C15H22N2O2. The first kappa shape index (κ1) is 13.9. The Balaban J connectivity index is 1.89. The lowest BCUT2D eigenvalue weighted by atomic mass is 9.97. The van der Waals surface area contributed by atoms with Gasteiger partial charge in [-0.15, -0.1) is 0 Å². The van der Waals surface area contributed by atoms with E-state index in [-0.39, 0.29) is 11.8 Å². The van der Waals surface area contributed by atoms with Crippen LogP contribution in [0.2, 0.25) is 0 Å². The molecule has 104 valence electrons. The van der Waals surface area contributed by atoms with Crippen LogP contribution in [0.25, 0.3) is 0 Å². The fourth-order valence-electron chi connectivity index (χ4n) is 2.56. The number of methoxy groups -OCH3 is 1. The molecule has 4 nitrogen and oxygen atoms in total. The average molecular weight is 262 g/mol. The van der Waals surface area contributed by atoms with Crippen LogP contribution in [0.3, 0.4) is 0 Å². The largest absolute Gasteiger partial charge is 0.496 e. The van der Waals surface area contributed by atoms with Gasteiger partial charge in [0, 0.05) is 18.7 Å². The van der Waals surface area contributed by atoms with Gasteiger partial charge in [-0.25, -0.2) is 0 Å². The Hall–Kier alpha value is -1.55. The van der Waals surface area contributed by atoms with Crippen molar-refractivity contribution in [2.24, 2.45) is 5.92 Å². The van der Waals surface area contributed by atoms with Gasteiger partial charge in [-0.05, 0) is 32.5 Å². The zero-order chi connectivity index (χ0) is 13.7. The molecule has 0 aliphatic carbocycles. The third-order valence-corrected chi connectivity index (χ3v) is 3.64. The lowest BCUT2D eigenvalue weighted by Gasteiger charge is -2.28. The van der Waals surface area contributed by atoms with Crippen LogP contribution in [-0.4, -0.2) is 38.1 Å². The van der Waals surface area contributed by atoms with Crippen LogP contribution in [0.4, 0.5) is 0 Å². The molecule has 1 aliphatic heterocycles. The summed E-state index contributed by atoms with van der Waals surface area (Å²) in [4.78, 5) is 14.4. The molecule has 1 heterocycles. The summed E-state index contributed by atoms with van der Waals surface area (Å²) in [6.45, 7) is 2.48. The van der Waals surface area contributed by atoms with E-state index in [1.807, 2.05) is 24.3 Å². The van der Waals surface area contributed by atoms with Gasteiger partial charge in [0.25, 0.3) is 0 Å². The molecule has 0 radical (unpaired) electrons. The third-order valence-electron chi connectivity index (χ3n) is 3.64. The van der Waals surface area contributed by atoms with Crippen LogP contribution in [-0.2, 0) is 11.3 Å². The maximum atomic E-state index is 12.1. The van der Waals surface area contributed by atoms with Crippen LogP contribution >= 0.6 is 0 Å². The van der Waals surface area contributed by atoms with Crippen LogP contribution in [0.15, 0.2) is 24.3 Å². The van der Waals surface area contributed by atoms with Crippen LogP contribution in [0.5, 0.6) is 5.75 Å². The van der Waals surface area contributed by atoms with E-state index in [1.54, 1.807) is 7.11 Å². The standard InChI is InChI=1S/C15H22N2O2/c1-17-9-5-7-13(11-17)15(18)16-10-12-6-3-4-8-14(12)19-2/h3-4,6,8,13H,5,7,9-11H2,1-2H3,(H,16,18). The Bertz CT molecular complexity index is 434. The molecule has 1 aromatic carbocycles. The average Bonchev–Trinajstić information content (AvgIpc) is 2.45. The zero-order valence-electron chi connectivity index (χ0n) is 11.7. The summed E-state index contributed by atoms with van der Waals surface area (Å²) in [7, 11) is 3.72. The van der Waals surface area contributed by atoms with E-state index in [2.05, 4.69) is 17.3 Å². The molecule has 1 atom stereocenters. The normalized spacial score (nSPS) is 20.0. The summed E-state index contributed by atoms with van der Waals surface area (Å²) in [5.41, 5.74) is 1.02. The predicted molar refractivity (Wildman–Crippen MR) is 75.1 cm³/mol. The minimum atomic E-state index is 0.119. The molecule has 2 rings (SSSR count). The fraction of sp³-hybridized carbons (Fsp3) is 0.533. The number of ether oxygens (including phenoxy) is 1. The molecule has 19 heavy (non-hydrogen) atoms. The van der Waals surface area contributed by atoms with E-state index in [9.17, 15) is 4.79 Å². The van der Waals surface area contributed by atoms with Gasteiger partial charge in [0.2, 0.25) is 5.91 Å². The Morgan fingerprint density at radius 1 is 1.47 bits per heavy atom. The molecule has 4 heteroatoms. The highest BCUT2D eigenvalue weighted by Gasteiger charge is 2.23. The van der Waals surface area contributed by atoms with Gasteiger partial charge in [0.05, 0.1) is 13.0 Å². The van der Waals surface area contributed by atoms with Crippen molar-refractivity contribution in [2.75, 3.05) is 27.2 Å². The highest BCUT2D eigenvalue weighted by Crippen LogP contribution is 2.18. The maximum absolute atomic E-state index is 12.1. The molecule has 1 unspecified atom stereocenters. The van der Waals surface area contributed by atoms with Crippen molar-refractivity contribution in [3.05, 3.63) is 29.8 Å². The second kappa shape index (κ2) is 6.57. The Morgan fingerprint density at radius 3 is 3.00 bits per heavy atom. The number of hydrogen-bond donors (Lipinski definition) is 1. The summed E-state index contributed by atoms with van der Waals surface area (Å²) in [5, 5.41) is 3.02. The van der Waals surface area contributed by atoms with E-state index in [1.165, 1.54) is 0 Å². The number of nitrogens with zero attached hydrogens (tertiary/aromatic N) is 1. The first-order chi connectivity index (χ1) is 9.20. The van der Waals surface area contributed by atoms with Crippen molar-refractivity contribution < 1.29 is 9.53 Å². The number of carbonyl (C=O) groups is 1. The van der Waals surface area contributed by atoms with E-state index in [0.29, 0.717) is 6.54 Å². The smallest absolute Gasteiger partial charge is 0.224 e. The molecule has 1 amide bonds. The van der Waals surface area contributed by atoms with Crippen molar-refractivity contribution in [1.29, 1.82) is 0 Å². The van der Waals surface area contributed by atoms with E-state index < -0.39 is 0 Å². The fourth-order valence-corrected chi connectivity index (χ4v) is 2.56. The van der Waals surface area contributed by atoms with E-state index in [4.69, 9.17) is 4.74 Å². The van der Waals surface area contributed by atoms with Crippen molar-refractivity contribution in [2.45, 2.75) is 19.4 Å². The molecule has 1 saturated heterocycles. The number of carbonyl (C=O) groups excluding carboxylic acids is 1. The van der Waals surface area contributed by atoms with E-state index in [0.717, 1.165) is 37.2 Å². The summed E-state index contributed by atoms with van der Waals surface area (Å²) in [6, 6.07) is 7.78. The number of benzene rings is 1. The molecule has 1 fully saturated rings. The van der Waals surface area contributed by atoms with Gasteiger partial charge in [-0.3, -0.25) is 4.79 Å². The lowest BCUT2D eigenvalue weighted by molar-refractivity contribution is -0.126. The van der Waals surface area contributed by atoms with Gasteiger partial charge in [-0.1, -0.05) is 18.2 Å². The van der Waals surface area contributed by atoms with Crippen molar-refractivity contribution in [3.8, 4) is 5.75 Å². The first-order valence-corrected chi connectivity index (χ1v) is 6.79. The van der Waals surface area contributed by atoms with Gasteiger partial charge < -0.3 is 15.0 Å². The van der Waals surface area contributed by atoms with Gasteiger partial charge in [0.1, 0.15) is 5.75 Å². The zero-order valence-corrected chi connectivity index (χ0v) is 11.7. The van der Waals surface area contributed by atoms with Crippen LogP contribution in [0, 0.1) is 5.92 Å². The number of rotatable bonds is 4. The number of hydrogen-bond acceptors (Lipinski definition) is 3. The van der Waals surface area contributed by atoms with Crippen molar-refractivity contribution >= 4 is 5.91 Å². The molecule has 1 N–H and O–H groups in total. The Labute approximate surface area is 114 Å². The van der Waals surface area contributed by atoms with Crippen molar-refractivity contribution in [1.82, 2.24) is 10.2 Å². The summed E-state index contributed by atoms with van der Waals surface area (Å²) < 4.78 is 5.28. The highest BCUT2D eigenvalue weighted by molar-refractivity contribution is 5.79. The molecular weight excluding hydrogens is 240 g/mol. The number of para-hydroxylation sites is 1. The summed E-state index contributed by atoms with van der Waals surface area (Å²) in [6.07, 6.45) is 2.09. The molecule has 1 aliphatic rings. The second-order valence-corrected chi connectivity index (χ2v) is 5.13. The molecule has 0 spiro atoms. The molecule has 0 saturated carbocycles. The Morgan fingerprint density at radius 2 is 2.26 bits per heavy atom. The minimum Gasteiger partial charge on any atom is -0.496 e. The monoisotopic (exact) mass is 262 g/mol. The van der Waals surface area contributed by atoms with Crippen LogP contribution in [0.1, 0.15) is 18.4 Å². The SMILES string of the molecule is COc1ccccc1CNC(=O)C1CCCN(C)C1. The highest BCUT2D eigenvalue weighted by atomic mass is 16.5. The quantitative estimate of drug-likeness (QED) is 0.897. The van der Waals surface area contributed by atoms with Gasteiger partial charge in [0.15, 0.2) is 0 Å². The maximum Gasteiger partial charge on any atom is 0.224 e. The molecule has 0 bridgehead atoms. The number of piperidine rings is 1. The summed E-state index contributed by atoms with van der Waals surface area (Å²) >= 11 is 0. The third kappa shape index (κ3) is 3.70. The first-order valence-electron chi connectivity index (χ1n) is 6.79. The van der Waals surface area contributed by atoms with Gasteiger partial charge >= 0.3 is 0 Å². The number of likely N-dealkylation sites (tertiary alicyclic amines) is 1.